The maximum atomic E-state index is 12.9. The molecule has 5 heteroatoms. The molecule has 28 heavy (non-hydrogen) atoms. The SMILES string of the molecule is CC(C)CC(=O)N1CCN(Cc2ccccc2)CC1c1nc2ccccc2[nH]1. The molecule has 2 aromatic carbocycles. The lowest BCUT2D eigenvalue weighted by atomic mass is 10.1. The second kappa shape index (κ2) is 8.15. The minimum atomic E-state index is -0.0453. The number of piperazine rings is 1. The largest absolute Gasteiger partial charge is 0.340 e. The van der Waals surface area contributed by atoms with E-state index in [1.165, 1.54) is 5.56 Å². The first-order chi connectivity index (χ1) is 13.6. The van der Waals surface area contributed by atoms with Crippen molar-refractivity contribution >= 4 is 16.9 Å². The van der Waals surface area contributed by atoms with E-state index < -0.39 is 0 Å². The molecule has 1 amide bonds. The summed E-state index contributed by atoms with van der Waals surface area (Å²) in [6, 6.07) is 18.5. The molecule has 0 saturated carbocycles. The van der Waals surface area contributed by atoms with Crippen LogP contribution >= 0.6 is 0 Å². The number of nitrogens with zero attached hydrogens (tertiary/aromatic N) is 3. The van der Waals surface area contributed by atoms with Crippen LogP contribution in [0.3, 0.4) is 0 Å². The molecule has 0 radical (unpaired) electrons. The molecule has 5 nitrogen and oxygen atoms in total. The molecule has 0 aliphatic carbocycles. The molecule has 1 saturated heterocycles. The zero-order valence-electron chi connectivity index (χ0n) is 16.6. The van der Waals surface area contributed by atoms with Crippen LogP contribution in [0.1, 0.15) is 37.7 Å². The number of carbonyl (C=O) groups is 1. The predicted molar refractivity (Wildman–Crippen MR) is 112 cm³/mol. The Morgan fingerprint density at radius 3 is 2.61 bits per heavy atom. The van der Waals surface area contributed by atoms with E-state index >= 15 is 0 Å². The lowest BCUT2D eigenvalue weighted by Crippen LogP contribution is -2.50. The Bertz CT molecular complexity index is 901. The van der Waals surface area contributed by atoms with E-state index in [1.54, 1.807) is 0 Å². The fourth-order valence-electron chi connectivity index (χ4n) is 3.95. The molecule has 1 N–H and O–H groups in total. The fourth-order valence-corrected chi connectivity index (χ4v) is 3.95. The number of H-pyrrole nitrogens is 1. The van der Waals surface area contributed by atoms with E-state index in [2.05, 4.69) is 48.0 Å². The van der Waals surface area contributed by atoms with E-state index in [0.29, 0.717) is 12.3 Å². The number of aromatic nitrogens is 2. The second-order valence-corrected chi connectivity index (χ2v) is 8.06. The van der Waals surface area contributed by atoms with Gasteiger partial charge in [-0.05, 0) is 23.6 Å². The van der Waals surface area contributed by atoms with Crippen molar-refractivity contribution in [2.45, 2.75) is 32.9 Å². The Labute approximate surface area is 166 Å². The van der Waals surface area contributed by atoms with Gasteiger partial charge < -0.3 is 9.88 Å². The quantitative estimate of drug-likeness (QED) is 0.732. The summed E-state index contributed by atoms with van der Waals surface area (Å²) in [6.07, 6.45) is 0.579. The van der Waals surface area contributed by atoms with E-state index in [9.17, 15) is 4.79 Å². The molecular weight excluding hydrogens is 348 g/mol. The first-order valence-corrected chi connectivity index (χ1v) is 10.1. The lowest BCUT2D eigenvalue weighted by Gasteiger charge is -2.41. The van der Waals surface area contributed by atoms with Crippen molar-refractivity contribution in [1.29, 1.82) is 0 Å². The number of para-hydroxylation sites is 2. The molecule has 1 aliphatic rings. The molecule has 0 bridgehead atoms. The third-order valence-corrected chi connectivity index (χ3v) is 5.34. The maximum absolute atomic E-state index is 12.9. The minimum Gasteiger partial charge on any atom is -0.340 e. The highest BCUT2D eigenvalue weighted by molar-refractivity contribution is 5.78. The van der Waals surface area contributed by atoms with Crippen molar-refractivity contribution in [3.05, 3.63) is 66.0 Å². The molecule has 4 rings (SSSR count). The van der Waals surface area contributed by atoms with Gasteiger partial charge in [0, 0.05) is 32.6 Å². The standard InChI is InChI=1S/C23H28N4O/c1-17(2)14-22(28)27-13-12-26(15-18-8-4-3-5-9-18)16-21(27)23-24-19-10-6-7-11-20(19)25-23/h3-11,17,21H,12-16H2,1-2H3,(H,24,25). The van der Waals surface area contributed by atoms with E-state index in [4.69, 9.17) is 4.98 Å². The topological polar surface area (TPSA) is 52.2 Å². The Kier molecular flexibility index (Phi) is 5.44. The van der Waals surface area contributed by atoms with Crippen LogP contribution in [-0.2, 0) is 11.3 Å². The van der Waals surface area contributed by atoms with Gasteiger partial charge >= 0.3 is 0 Å². The van der Waals surface area contributed by atoms with Gasteiger partial charge in [-0.25, -0.2) is 4.98 Å². The van der Waals surface area contributed by atoms with Crippen molar-refractivity contribution in [1.82, 2.24) is 19.8 Å². The van der Waals surface area contributed by atoms with Crippen LogP contribution < -0.4 is 0 Å². The van der Waals surface area contributed by atoms with Crippen LogP contribution in [0.15, 0.2) is 54.6 Å². The molecule has 1 fully saturated rings. The summed E-state index contributed by atoms with van der Waals surface area (Å²) in [5.74, 6) is 1.46. The second-order valence-electron chi connectivity index (χ2n) is 8.06. The first kappa shape index (κ1) is 18.7. The van der Waals surface area contributed by atoms with Crippen molar-refractivity contribution < 1.29 is 4.79 Å². The average Bonchev–Trinajstić information content (AvgIpc) is 3.12. The molecule has 1 aromatic heterocycles. The van der Waals surface area contributed by atoms with Crippen LogP contribution in [-0.4, -0.2) is 45.3 Å². The third-order valence-electron chi connectivity index (χ3n) is 5.34. The first-order valence-electron chi connectivity index (χ1n) is 10.1. The lowest BCUT2D eigenvalue weighted by molar-refractivity contribution is -0.137. The van der Waals surface area contributed by atoms with Gasteiger partial charge in [-0.15, -0.1) is 0 Å². The molecule has 1 aliphatic heterocycles. The third kappa shape index (κ3) is 4.09. The highest BCUT2D eigenvalue weighted by Gasteiger charge is 2.33. The molecular formula is C23H28N4O. The maximum Gasteiger partial charge on any atom is 0.223 e. The normalized spacial score (nSPS) is 18.1. The summed E-state index contributed by atoms with van der Waals surface area (Å²) >= 11 is 0. The van der Waals surface area contributed by atoms with Crippen LogP contribution in [0.4, 0.5) is 0 Å². The number of imidazole rings is 1. The summed E-state index contributed by atoms with van der Waals surface area (Å²) in [5.41, 5.74) is 3.27. The number of rotatable bonds is 5. The van der Waals surface area contributed by atoms with Crippen LogP contribution in [0.25, 0.3) is 11.0 Å². The molecule has 3 aromatic rings. The highest BCUT2D eigenvalue weighted by Crippen LogP contribution is 2.27. The molecule has 0 spiro atoms. The minimum absolute atomic E-state index is 0.0453. The van der Waals surface area contributed by atoms with Crippen molar-refractivity contribution in [3.8, 4) is 0 Å². The summed E-state index contributed by atoms with van der Waals surface area (Å²) in [4.78, 5) is 25.7. The number of nitrogens with one attached hydrogen (secondary N) is 1. The number of hydrogen-bond acceptors (Lipinski definition) is 3. The van der Waals surface area contributed by atoms with Gasteiger partial charge in [0.25, 0.3) is 0 Å². The number of aromatic amines is 1. The monoisotopic (exact) mass is 376 g/mol. The number of benzene rings is 2. The van der Waals surface area contributed by atoms with Gasteiger partial charge in [0.05, 0.1) is 11.0 Å². The van der Waals surface area contributed by atoms with Crippen molar-refractivity contribution in [2.75, 3.05) is 19.6 Å². The predicted octanol–water partition coefficient (Wildman–Crippen LogP) is 3.99. The fraction of sp³-hybridized carbons (Fsp3) is 0.391. The smallest absolute Gasteiger partial charge is 0.223 e. The summed E-state index contributed by atoms with van der Waals surface area (Å²) in [6.45, 7) is 7.50. The van der Waals surface area contributed by atoms with Gasteiger partial charge in [0.1, 0.15) is 11.9 Å². The van der Waals surface area contributed by atoms with Crippen LogP contribution in [0.5, 0.6) is 0 Å². The van der Waals surface area contributed by atoms with Crippen LogP contribution in [0.2, 0.25) is 0 Å². The summed E-state index contributed by atoms with van der Waals surface area (Å²) in [5, 5.41) is 0. The van der Waals surface area contributed by atoms with Crippen molar-refractivity contribution in [3.63, 3.8) is 0 Å². The van der Waals surface area contributed by atoms with Crippen molar-refractivity contribution in [2.24, 2.45) is 5.92 Å². The van der Waals surface area contributed by atoms with Gasteiger partial charge in [0.15, 0.2) is 0 Å². The molecule has 1 atom stereocenters. The number of fused-ring (bicyclic) bond motifs is 1. The summed E-state index contributed by atoms with van der Waals surface area (Å²) < 4.78 is 0. The van der Waals surface area contributed by atoms with Gasteiger partial charge in [0.2, 0.25) is 5.91 Å². The Morgan fingerprint density at radius 2 is 1.86 bits per heavy atom. The van der Waals surface area contributed by atoms with Gasteiger partial charge in [-0.2, -0.15) is 0 Å². The zero-order chi connectivity index (χ0) is 19.5. The zero-order valence-corrected chi connectivity index (χ0v) is 16.6. The number of amides is 1. The molecule has 1 unspecified atom stereocenters. The van der Waals surface area contributed by atoms with E-state index in [0.717, 1.165) is 43.0 Å². The number of carbonyl (C=O) groups excluding carboxylic acids is 1. The Balaban J connectivity index is 1.60. The summed E-state index contributed by atoms with van der Waals surface area (Å²) in [7, 11) is 0. The van der Waals surface area contributed by atoms with Crippen LogP contribution in [0, 0.1) is 5.92 Å². The molecule has 2 heterocycles. The van der Waals surface area contributed by atoms with E-state index in [-0.39, 0.29) is 11.9 Å². The Morgan fingerprint density at radius 1 is 1.11 bits per heavy atom. The van der Waals surface area contributed by atoms with Gasteiger partial charge in [-0.3, -0.25) is 9.69 Å². The van der Waals surface area contributed by atoms with E-state index in [1.807, 2.05) is 35.2 Å². The average molecular weight is 377 g/mol. The number of hydrogen-bond donors (Lipinski definition) is 1. The molecule has 146 valence electrons. The Hall–Kier alpha value is -2.66. The van der Waals surface area contributed by atoms with Gasteiger partial charge in [-0.1, -0.05) is 56.3 Å². The highest BCUT2D eigenvalue weighted by atomic mass is 16.2.